The highest BCUT2D eigenvalue weighted by atomic mass is 16.4. The molecular formula is C38H54N4O2. The summed E-state index contributed by atoms with van der Waals surface area (Å²) in [4.78, 5) is 17.3. The van der Waals surface area contributed by atoms with E-state index in [1.54, 1.807) is 0 Å². The van der Waals surface area contributed by atoms with Crippen molar-refractivity contribution < 1.29 is 9.90 Å². The van der Waals surface area contributed by atoms with Crippen LogP contribution in [0.25, 0.3) is 0 Å². The molecule has 0 saturated carbocycles. The van der Waals surface area contributed by atoms with Crippen molar-refractivity contribution in [2.45, 2.75) is 98.1 Å². The molecule has 0 radical (unpaired) electrons. The van der Waals surface area contributed by atoms with E-state index in [0.29, 0.717) is 23.7 Å². The number of carboxylic acid groups (broad SMARTS) is 1. The third-order valence-corrected chi connectivity index (χ3v) is 10.1. The second-order valence-corrected chi connectivity index (χ2v) is 14.9. The molecule has 0 spiro atoms. The standard InChI is InChI=1S/C38H54N4O2/c1-8-42-35(22-33(39-42)21-28-12-14-29(15-13-28)26(2)3)30-16-18-40(19-17-30)23-32-24-41(36(37(43)44)38(5,6)7)25-34(32)31-11-9-10-27(4)20-31/h9-15,20,22,26,30,32,34,36H,8,16-19,21,23-25H2,1-7H3,(H,43,44)/t32-,34+,36-/m0/s1. The molecule has 3 heterocycles. The smallest absolute Gasteiger partial charge is 0.321 e. The number of aliphatic carboxylic acids is 1. The Hall–Kier alpha value is -2.96. The minimum Gasteiger partial charge on any atom is -0.480 e. The van der Waals surface area contributed by atoms with Crippen molar-refractivity contribution in [3.8, 4) is 0 Å². The first-order chi connectivity index (χ1) is 20.9. The van der Waals surface area contributed by atoms with Crippen LogP contribution in [0.2, 0.25) is 0 Å². The van der Waals surface area contributed by atoms with Crippen LogP contribution in [0.3, 0.4) is 0 Å². The van der Waals surface area contributed by atoms with Gasteiger partial charge in [0.2, 0.25) is 0 Å². The molecule has 0 bridgehead atoms. The number of aromatic nitrogens is 2. The van der Waals surface area contributed by atoms with Crippen molar-refractivity contribution in [3.63, 3.8) is 0 Å². The number of rotatable bonds is 10. The Labute approximate surface area is 265 Å². The molecular weight excluding hydrogens is 544 g/mol. The molecule has 44 heavy (non-hydrogen) atoms. The van der Waals surface area contributed by atoms with Gasteiger partial charge in [0.05, 0.1) is 5.69 Å². The van der Waals surface area contributed by atoms with E-state index in [2.05, 4.69) is 118 Å². The SMILES string of the molecule is CCn1nc(Cc2ccc(C(C)C)cc2)cc1C1CCN(C[C@H]2CN([C@@H](C(=O)O)C(C)(C)C)C[C@@H]2c2cccc(C)c2)CC1. The van der Waals surface area contributed by atoms with Gasteiger partial charge in [0.1, 0.15) is 6.04 Å². The second-order valence-electron chi connectivity index (χ2n) is 14.9. The van der Waals surface area contributed by atoms with Crippen LogP contribution in [0.4, 0.5) is 0 Å². The summed E-state index contributed by atoms with van der Waals surface area (Å²) >= 11 is 0. The maximum Gasteiger partial charge on any atom is 0.321 e. The topological polar surface area (TPSA) is 61.6 Å². The molecule has 6 heteroatoms. The zero-order chi connectivity index (χ0) is 31.6. The van der Waals surface area contributed by atoms with E-state index in [0.717, 1.165) is 58.5 Å². The summed E-state index contributed by atoms with van der Waals surface area (Å²) in [6.07, 6.45) is 3.15. The van der Waals surface area contributed by atoms with Gasteiger partial charge in [-0.15, -0.1) is 0 Å². The van der Waals surface area contributed by atoms with Gasteiger partial charge in [0, 0.05) is 50.1 Å². The van der Waals surface area contributed by atoms with E-state index in [-0.39, 0.29) is 5.41 Å². The van der Waals surface area contributed by atoms with Crippen LogP contribution >= 0.6 is 0 Å². The van der Waals surface area contributed by atoms with Crippen LogP contribution in [0.15, 0.2) is 54.6 Å². The fourth-order valence-electron chi connectivity index (χ4n) is 7.78. The summed E-state index contributed by atoms with van der Waals surface area (Å²) in [7, 11) is 0. The predicted molar refractivity (Wildman–Crippen MR) is 180 cm³/mol. The van der Waals surface area contributed by atoms with Crippen LogP contribution < -0.4 is 0 Å². The van der Waals surface area contributed by atoms with Crippen molar-refractivity contribution in [1.82, 2.24) is 19.6 Å². The van der Waals surface area contributed by atoms with Crippen molar-refractivity contribution in [1.29, 1.82) is 0 Å². The number of hydrogen-bond acceptors (Lipinski definition) is 4. The predicted octanol–water partition coefficient (Wildman–Crippen LogP) is 7.32. The van der Waals surface area contributed by atoms with Crippen LogP contribution in [-0.2, 0) is 17.8 Å². The monoisotopic (exact) mass is 598 g/mol. The molecule has 1 N–H and O–H groups in total. The Morgan fingerprint density at radius 1 is 1.02 bits per heavy atom. The first-order valence-corrected chi connectivity index (χ1v) is 16.8. The van der Waals surface area contributed by atoms with Gasteiger partial charge >= 0.3 is 5.97 Å². The Kier molecular flexibility index (Phi) is 10.0. The number of piperidine rings is 1. The lowest BCUT2D eigenvalue weighted by atomic mass is 9.85. The molecule has 238 valence electrons. The zero-order valence-electron chi connectivity index (χ0n) is 28.1. The molecule has 3 atom stereocenters. The van der Waals surface area contributed by atoms with E-state index >= 15 is 0 Å². The Balaban J connectivity index is 1.25. The Morgan fingerprint density at radius 3 is 2.32 bits per heavy atom. The summed E-state index contributed by atoms with van der Waals surface area (Å²) in [6.45, 7) is 20.7. The van der Waals surface area contributed by atoms with Gasteiger partial charge in [-0.05, 0) is 79.8 Å². The molecule has 3 aromatic rings. The van der Waals surface area contributed by atoms with Crippen LogP contribution in [0.5, 0.6) is 0 Å². The van der Waals surface area contributed by atoms with Crippen molar-refractivity contribution in [2.75, 3.05) is 32.7 Å². The minimum atomic E-state index is -0.707. The van der Waals surface area contributed by atoms with Crippen LogP contribution in [0, 0.1) is 18.3 Å². The van der Waals surface area contributed by atoms with Crippen molar-refractivity contribution >= 4 is 5.97 Å². The summed E-state index contributed by atoms with van der Waals surface area (Å²) in [5.41, 5.74) is 7.55. The van der Waals surface area contributed by atoms with E-state index in [1.807, 2.05) is 0 Å². The van der Waals surface area contributed by atoms with Crippen molar-refractivity contribution in [2.24, 2.45) is 11.3 Å². The lowest BCUT2D eigenvalue weighted by Crippen LogP contribution is -2.48. The third kappa shape index (κ3) is 7.46. The van der Waals surface area contributed by atoms with Gasteiger partial charge in [0.25, 0.3) is 0 Å². The molecule has 5 rings (SSSR count). The minimum absolute atomic E-state index is 0.325. The van der Waals surface area contributed by atoms with Gasteiger partial charge in [0.15, 0.2) is 0 Å². The quantitative estimate of drug-likeness (QED) is 0.265. The van der Waals surface area contributed by atoms with Gasteiger partial charge in [-0.25, -0.2) is 0 Å². The molecule has 2 aromatic carbocycles. The molecule has 2 aliphatic heterocycles. The number of hydrogen-bond donors (Lipinski definition) is 1. The number of carbonyl (C=O) groups is 1. The van der Waals surface area contributed by atoms with E-state index in [4.69, 9.17) is 5.10 Å². The van der Waals surface area contributed by atoms with Gasteiger partial charge in [-0.1, -0.05) is 88.7 Å². The molecule has 1 aromatic heterocycles. The van der Waals surface area contributed by atoms with Crippen LogP contribution in [-0.4, -0.2) is 69.4 Å². The number of nitrogens with zero attached hydrogens (tertiary/aromatic N) is 4. The number of likely N-dealkylation sites (tertiary alicyclic amines) is 2. The maximum absolute atomic E-state index is 12.4. The summed E-state index contributed by atoms with van der Waals surface area (Å²) < 4.78 is 2.24. The Bertz CT molecular complexity index is 1390. The van der Waals surface area contributed by atoms with Crippen molar-refractivity contribution in [3.05, 3.63) is 88.2 Å². The summed E-state index contributed by atoms with van der Waals surface area (Å²) in [5.74, 6) is 1.12. The third-order valence-electron chi connectivity index (χ3n) is 10.1. The van der Waals surface area contributed by atoms with Gasteiger partial charge in [-0.3, -0.25) is 14.4 Å². The van der Waals surface area contributed by atoms with Gasteiger partial charge in [-0.2, -0.15) is 5.10 Å². The molecule has 0 amide bonds. The van der Waals surface area contributed by atoms with Crippen LogP contribution in [0.1, 0.15) is 106 Å². The molecule has 0 unspecified atom stereocenters. The number of aryl methyl sites for hydroxylation is 2. The molecule has 2 aliphatic rings. The Morgan fingerprint density at radius 2 is 1.73 bits per heavy atom. The highest BCUT2D eigenvalue weighted by molar-refractivity contribution is 5.74. The first-order valence-electron chi connectivity index (χ1n) is 16.8. The largest absolute Gasteiger partial charge is 0.480 e. The molecule has 2 fully saturated rings. The highest BCUT2D eigenvalue weighted by Gasteiger charge is 2.44. The summed E-state index contributed by atoms with van der Waals surface area (Å²) in [6, 6.07) is 19.8. The first kappa shape index (κ1) is 32.4. The lowest BCUT2D eigenvalue weighted by Gasteiger charge is -2.36. The average Bonchev–Trinajstić information content (AvgIpc) is 3.56. The summed E-state index contributed by atoms with van der Waals surface area (Å²) in [5, 5.41) is 15.2. The van der Waals surface area contributed by atoms with Gasteiger partial charge < -0.3 is 10.0 Å². The van der Waals surface area contributed by atoms with E-state index in [9.17, 15) is 9.90 Å². The number of benzene rings is 2. The maximum atomic E-state index is 12.4. The molecule has 2 saturated heterocycles. The average molecular weight is 599 g/mol. The lowest BCUT2D eigenvalue weighted by molar-refractivity contribution is -0.147. The fraction of sp³-hybridized carbons (Fsp3) is 0.579. The molecule has 0 aliphatic carbocycles. The highest BCUT2D eigenvalue weighted by Crippen LogP contribution is 2.39. The zero-order valence-corrected chi connectivity index (χ0v) is 28.1. The fourth-order valence-corrected chi connectivity index (χ4v) is 7.78. The van der Waals surface area contributed by atoms with E-state index in [1.165, 1.54) is 33.6 Å². The normalized spacial score (nSPS) is 21.3. The molecule has 6 nitrogen and oxygen atoms in total. The van der Waals surface area contributed by atoms with E-state index < -0.39 is 12.0 Å². The number of carboxylic acids is 1. The second kappa shape index (κ2) is 13.6.